The first kappa shape index (κ1) is 8.14. The molecular formula is C6H12N2O. The van der Waals surface area contributed by atoms with E-state index >= 15 is 0 Å². The van der Waals surface area contributed by atoms with E-state index in [0.717, 1.165) is 5.57 Å². The molecule has 3 nitrogen and oxygen atoms in total. The van der Waals surface area contributed by atoms with E-state index in [2.05, 4.69) is 11.9 Å². The molecule has 0 rings (SSSR count). The fourth-order valence-corrected chi connectivity index (χ4v) is 0.510. The summed E-state index contributed by atoms with van der Waals surface area (Å²) >= 11 is 0. The van der Waals surface area contributed by atoms with Crippen LogP contribution in [0.2, 0.25) is 0 Å². The second kappa shape index (κ2) is 4.06. The Labute approximate surface area is 55.3 Å². The van der Waals surface area contributed by atoms with Crippen molar-refractivity contribution in [3.63, 3.8) is 0 Å². The minimum absolute atomic E-state index is 0.569. The molecule has 0 unspecified atom stereocenters. The maximum Gasteiger partial charge on any atom is 0.0597 e. The molecule has 0 atom stereocenters. The van der Waals surface area contributed by atoms with Gasteiger partial charge in [-0.2, -0.15) is 0 Å². The lowest BCUT2D eigenvalue weighted by molar-refractivity contribution is 0.326. The summed E-state index contributed by atoms with van der Waals surface area (Å²) in [6.45, 7) is 8.62. The van der Waals surface area contributed by atoms with Crippen LogP contribution in [0.25, 0.3) is 0 Å². The molecule has 0 aromatic carbocycles. The van der Waals surface area contributed by atoms with Crippen LogP contribution in [0, 0.1) is 4.91 Å². The zero-order chi connectivity index (χ0) is 7.28. The Balaban J connectivity index is 3.55. The summed E-state index contributed by atoms with van der Waals surface area (Å²) in [4.78, 5) is 9.91. The minimum Gasteiger partial charge on any atom is -0.257 e. The molecule has 9 heavy (non-hydrogen) atoms. The predicted octanol–water partition coefficient (Wildman–Crippen LogP) is 1.57. The van der Waals surface area contributed by atoms with E-state index in [-0.39, 0.29) is 0 Å². The first-order chi connectivity index (χ1) is 4.20. The summed E-state index contributed by atoms with van der Waals surface area (Å²) in [5, 5.41) is 4.19. The van der Waals surface area contributed by atoms with Crippen LogP contribution in [-0.4, -0.2) is 18.1 Å². The Kier molecular flexibility index (Phi) is 3.67. The van der Waals surface area contributed by atoms with Crippen LogP contribution in [0.3, 0.4) is 0 Å². The van der Waals surface area contributed by atoms with Crippen LogP contribution >= 0.6 is 0 Å². The Bertz CT molecular complexity index is 112. The van der Waals surface area contributed by atoms with E-state index in [9.17, 15) is 4.91 Å². The number of nitroso groups, excluding NO2 is 1. The van der Waals surface area contributed by atoms with Gasteiger partial charge in [-0.1, -0.05) is 12.2 Å². The van der Waals surface area contributed by atoms with Crippen LogP contribution < -0.4 is 0 Å². The third-order valence-corrected chi connectivity index (χ3v) is 0.933. The van der Waals surface area contributed by atoms with Crippen molar-refractivity contribution in [1.29, 1.82) is 0 Å². The normalized spacial score (nSPS) is 8.67. The van der Waals surface area contributed by atoms with Crippen molar-refractivity contribution >= 4 is 0 Å². The summed E-state index contributed by atoms with van der Waals surface area (Å²) < 4.78 is 0. The summed E-state index contributed by atoms with van der Waals surface area (Å²) in [5.41, 5.74) is 0.955. The van der Waals surface area contributed by atoms with Gasteiger partial charge in [0.1, 0.15) is 0 Å². The van der Waals surface area contributed by atoms with E-state index in [1.807, 2.05) is 13.8 Å². The maximum atomic E-state index is 9.91. The first-order valence-electron chi connectivity index (χ1n) is 2.93. The number of hydrogen-bond acceptors (Lipinski definition) is 2. The van der Waals surface area contributed by atoms with Crippen molar-refractivity contribution in [1.82, 2.24) is 5.01 Å². The number of rotatable bonds is 4. The third-order valence-electron chi connectivity index (χ3n) is 0.933. The highest BCUT2D eigenvalue weighted by atomic mass is 16.3. The molecule has 0 amide bonds. The molecule has 0 saturated carbocycles. The van der Waals surface area contributed by atoms with E-state index < -0.39 is 0 Å². The van der Waals surface area contributed by atoms with Crippen molar-refractivity contribution < 1.29 is 0 Å². The van der Waals surface area contributed by atoms with Crippen LogP contribution in [0.5, 0.6) is 0 Å². The molecule has 0 heterocycles. The van der Waals surface area contributed by atoms with Gasteiger partial charge >= 0.3 is 0 Å². The molecule has 0 N–H and O–H groups in total. The van der Waals surface area contributed by atoms with Gasteiger partial charge in [-0.3, -0.25) is 5.01 Å². The molecule has 52 valence electrons. The van der Waals surface area contributed by atoms with Crippen LogP contribution in [-0.2, 0) is 0 Å². The summed E-state index contributed by atoms with van der Waals surface area (Å²) in [7, 11) is 0. The molecule has 0 aliphatic heterocycles. The second-order valence-electron chi connectivity index (χ2n) is 2.02. The standard InChI is InChI=1S/C6H12N2O/c1-4-8(7-9)5-6(2)3/h2,4-5H2,1,3H3. The van der Waals surface area contributed by atoms with Gasteiger partial charge in [-0.05, 0) is 13.8 Å². The molecule has 0 aliphatic carbocycles. The molecule has 0 bridgehead atoms. The average Bonchev–Trinajstić information content (AvgIpc) is 1.82. The van der Waals surface area contributed by atoms with Gasteiger partial charge in [0, 0.05) is 6.54 Å². The first-order valence-corrected chi connectivity index (χ1v) is 2.93. The van der Waals surface area contributed by atoms with Gasteiger partial charge in [0.25, 0.3) is 0 Å². The maximum absolute atomic E-state index is 9.91. The molecular weight excluding hydrogens is 116 g/mol. The zero-order valence-electron chi connectivity index (χ0n) is 5.92. The third kappa shape index (κ3) is 3.70. The topological polar surface area (TPSA) is 32.7 Å². The van der Waals surface area contributed by atoms with Gasteiger partial charge in [0.15, 0.2) is 0 Å². The summed E-state index contributed by atoms with van der Waals surface area (Å²) in [5.74, 6) is 0. The Morgan fingerprint density at radius 1 is 1.78 bits per heavy atom. The van der Waals surface area contributed by atoms with Crippen molar-refractivity contribution in [2.75, 3.05) is 13.1 Å². The van der Waals surface area contributed by atoms with Crippen LogP contribution in [0.4, 0.5) is 0 Å². The molecule has 3 heteroatoms. The van der Waals surface area contributed by atoms with Crippen LogP contribution in [0.1, 0.15) is 13.8 Å². The lowest BCUT2D eigenvalue weighted by Crippen LogP contribution is -2.17. The van der Waals surface area contributed by atoms with Gasteiger partial charge in [0.2, 0.25) is 0 Å². The Morgan fingerprint density at radius 2 is 2.33 bits per heavy atom. The quantitative estimate of drug-likeness (QED) is 0.327. The SMILES string of the molecule is C=C(C)CN(CC)N=O. The Morgan fingerprint density at radius 3 is 2.44 bits per heavy atom. The molecule has 0 fully saturated rings. The van der Waals surface area contributed by atoms with Crippen molar-refractivity contribution in [3.8, 4) is 0 Å². The second-order valence-corrected chi connectivity index (χ2v) is 2.02. The monoisotopic (exact) mass is 128 g/mol. The molecule has 0 aliphatic rings. The van der Waals surface area contributed by atoms with E-state index in [0.29, 0.717) is 13.1 Å². The lowest BCUT2D eigenvalue weighted by atomic mass is 10.3. The lowest BCUT2D eigenvalue weighted by Gasteiger charge is -2.10. The molecule has 0 aromatic rings. The van der Waals surface area contributed by atoms with Gasteiger partial charge in [0.05, 0.1) is 11.8 Å². The molecule has 0 radical (unpaired) electrons. The zero-order valence-corrected chi connectivity index (χ0v) is 5.92. The Hall–Kier alpha value is -0.860. The van der Waals surface area contributed by atoms with E-state index in [1.54, 1.807) is 0 Å². The largest absolute Gasteiger partial charge is 0.257 e. The van der Waals surface area contributed by atoms with Crippen molar-refractivity contribution in [2.24, 2.45) is 5.29 Å². The highest BCUT2D eigenvalue weighted by Crippen LogP contribution is 1.94. The highest BCUT2D eigenvalue weighted by Gasteiger charge is 1.96. The predicted molar refractivity (Wildman–Crippen MR) is 37.9 cm³/mol. The fraction of sp³-hybridized carbons (Fsp3) is 0.667. The smallest absolute Gasteiger partial charge is 0.0597 e. The summed E-state index contributed by atoms with van der Waals surface area (Å²) in [6, 6.07) is 0. The fourth-order valence-electron chi connectivity index (χ4n) is 0.510. The van der Waals surface area contributed by atoms with Gasteiger partial charge < -0.3 is 0 Å². The average molecular weight is 128 g/mol. The minimum atomic E-state index is 0.569. The van der Waals surface area contributed by atoms with Gasteiger partial charge in [-0.25, -0.2) is 0 Å². The molecule has 0 saturated heterocycles. The van der Waals surface area contributed by atoms with Gasteiger partial charge in [-0.15, -0.1) is 4.91 Å². The van der Waals surface area contributed by atoms with E-state index in [4.69, 9.17) is 0 Å². The van der Waals surface area contributed by atoms with E-state index in [1.165, 1.54) is 5.01 Å². The van der Waals surface area contributed by atoms with Crippen molar-refractivity contribution in [3.05, 3.63) is 17.1 Å². The molecule has 0 spiro atoms. The van der Waals surface area contributed by atoms with Crippen LogP contribution in [0.15, 0.2) is 17.4 Å². The highest BCUT2D eigenvalue weighted by molar-refractivity contribution is 4.90. The van der Waals surface area contributed by atoms with Crippen molar-refractivity contribution in [2.45, 2.75) is 13.8 Å². The summed E-state index contributed by atoms with van der Waals surface area (Å²) in [6.07, 6.45) is 0. The molecule has 0 aromatic heterocycles. The number of hydrogen-bond donors (Lipinski definition) is 0. The number of nitrogens with zero attached hydrogens (tertiary/aromatic N) is 2. The number of likely N-dealkylation sites (N-methyl/N-ethyl adjacent to an activating group) is 1.